The Morgan fingerprint density at radius 2 is 2.03 bits per heavy atom. The average molecular weight is 414 g/mol. The van der Waals surface area contributed by atoms with Crippen LogP contribution in [0.1, 0.15) is 74.7 Å². The Kier molecular flexibility index (Phi) is 4.31. The third kappa shape index (κ3) is 3.22. The fraction of sp³-hybridized carbons (Fsp3) is 0.591. The molecule has 3 heterocycles. The highest BCUT2D eigenvalue weighted by molar-refractivity contribution is 6.05. The molecule has 1 aromatic carbocycles. The highest BCUT2D eigenvalue weighted by atomic mass is 19.1. The highest BCUT2D eigenvalue weighted by Gasteiger charge is 2.42. The number of hydrogen-bond donors (Lipinski definition) is 1. The van der Waals surface area contributed by atoms with Crippen LogP contribution in [0.15, 0.2) is 12.1 Å². The molecule has 30 heavy (non-hydrogen) atoms. The molecule has 5 rings (SSSR count). The molecule has 1 saturated heterocycles. The molecular weight excluding hydrogens is 387 g/mol. The molecule has 2 amide bonds. The smallest absolute Gasteiger partial charge is 0.410 e. The van der Waals surface area contributed by atoms with Crippen LogP contribution in [-0.2, 0) is 4.74 Å². The lowest BCUT2D eigenvalue weighted by atomic mass is 10.1. The molecule has 2 fully saturated rings. The molecule has 2 atom stereocenters. The maximum absolute atomic E-state index is 14.3. The minimum Gasteiger partial charge on any atom is -0.444 e. The highest BCUT2D eigenvalue weighted by Crippen LogP contribution is 2.45. The second-order valence-corrected chi connectivity index (χ2v) is 9.61. The fourth-order valence-corrected chi connectivity index (χ4v) is 4.78. The number of amides is 2. The molecule has 3 aliphatic rings. The standard InChI is InChI=1S/C22H27FN4O3/c1-22(2,3)30-21(29)26-8-4-5-16(26)19-25-15-10-13(23)9-14-18(15)27(19)17(12-6-7-12)11-24-20(14)28/h9-10,12,16-17H,4-8,11H2,1-3H3,(H,24,28)/t16-,17?/m1/s1. The first-order valence-corrected chi connectivity index (χ1v) is 10.7. The van der Waals surface area contributed by atoms with E-state index in [1.165, 1.54) is 12.1 Å². The third-order valence-electron chi connectivity index (χ3n) is 6.17. The Hall–Kier alpha value is -2.64. The summed E-state index contributed by atoms with van der Waals surface area (Å²) in [6.07, 6.45) is 3.44. The second kappa shape index (κ2) is 6.68. The van der Waals surface area contributed by atoms with E-state index in [0.29, 0.717) is 35.6 Å². The van der Waals surface area contributed by atoms with E-state index in [1.54, 1.807) is 4.90 Å². The van der Waals surface area contributed by atoms with E-state index < -0.39 is 11.4 Å². The van der Waals surface area contributed by atoms with Crippen LogP contribution in [0.3, 0.4) is 0 Å². The van der Waals surface area contributed by atoms with Gasteiger partial charge in [-0.15, -0.1) is 0 Å². The van der Waals surface area contributed by atoms with Gasteiger partial charge in [0.05, 0.1) is 28.7 Å². The average Bonchev–Trinajstić information content (AvgIpc) is 3.27. The van der Waals surface area contributed by atoms with Crippen LogP contribution in [0.2, 0.25) is 0 Å². The SMILES string of the molecule is CC(C)(C)OC(=O)N1CCC[C@@H]1c1nc2cc(F)cc3c2n1C(C1CC1)CNC3=O. The molecule has 1 aromatic heterocycles. The van der Waals surface area contributed by atoms with Crippen molar-refractivity contribution in [1.82, 2.24) is 19.8 Å². The van der Waals surface area contributed by atoms with Gasteiger partial charge >= 0.3 is 6.09 Å². The van der Waals surface area contributed by atoms with Crippen LogP contribution in [0.5, 0.6) is 0 Å². The van der Waals surface area contributed by atoms with E-state index in [9.17, 15) is 14.0 Å². The third-order valence-corrected chi connectivity index (χ3v) is 6.17. The Bertz CT molecular complexity index is 1040. The molecule has 2 aliphatic heterocycles. The van der Waals surface area contributed by atoms with Crippen LogP contribution < -0.4 is 5.32 Å². The summed E-state index contributed by atoms with van der Waals surface area (Å²) < 4.78 is 22.0. The Morgan fingerprint density at radius 3 is 2.73 bits per heavy atom. The molecule has 8 heteroatoms. The number of carbonyl (C=O) groups excluding carboxylic acids is 2. The number of aromatic nitrogens is 2. The predicted octanol–water partition coefficient (Wildman–Crippen LogP) is 3.94. The van der Waals surface area contributed by atoms with Crippen LogP contribution in [0, 0.1) is 11.7 Å². The van der Waals surface area contributed by atoms with Crippen molar-refractivity contribution >= 4 is 23.0 Å². The summed E-state index contributed by atoms with van der Waals surface area (Å²) in [6.45, 7) is 6.63. The van der Waals surface area contributed by atoms with Gasteiger partial charge in [0, 0.05) is 19.2 Å². The largest absolute Gasteiger partial charge is 0.444 e. The van der Waals surface area contributed by atoms with Gasteiger partial charge in [0.2, 0.25) is 0 Å². The lowest BCUT2D eigenvalue weighted by Gasteiger charge is -2.30. The summed E-state index contributed by atoms with van der Waals surface area (Å²) in [4.78, 5) is 32.1. The molecule has 2 aromatic rings. The molecule has 0 radical (unpaired) electrons. The second-order valence-electron chi connectivity index (χ2n) is 9.61. The number of hydrogen-bond acceptors (Lipinski definition) is 4. The molecule has 1 N–H and O–H groups in total. The molecular formula is C22H27FN4O3. The van der Waals surface area contributed by atoms with Gasteiger partial charge < -0.3 is 14.6 Å². The van der Waals surface area contributed by atoms with Gasteiger partial charge in [0.1, 0.15) is 17.2 Å². The van der Waals surface area contributed by atoms with Crippen LogP contribution >= 0.6 is 0 Å². The summed E-state index contributed by atoms with van der Waals surface area (Å²) in [5.41, 5.74) is 0.873. The maximum Gasteiger partial charge on any atom is 0.410 e. The molecule has 1 aliphatic carbocycles. The lowest BCUT2D eigenvalue weighted by Crippen LogP contribution is -2.37. The van der Waals surface area contributed by atoms with Gasteiger partial charge in [-0.25, -0.2) is 14.2 Å². The van der Waals surface area contributed by atoms with Crippen LogP contribution in [0.25, 0.3) is 11.0 Å². The monoisotopic (exact) mass is 414 g/mol. The minimum absolute atomic E-state index is 0.0572. The maximum atomic E-state index is 14.3. The zero-order chi connectivity index (χ0) is 21.2. The van der Waals surface area contributed by atoms with Crippen molar-refractivity contribution in [1.29, 1.82) is 0 Å². The minimum atomic E-state index is -0.587. The zero-order valence-corrected chi connectivity index (χ0v) is 17.6. The molecule has 1 saturated carbocycles. The Morgan fingerprint density at radius 1 is 1.27 bits per heavy atom. The van der Waals surface area contributed by atoms with Crippen molar-refractivity contribution in [3.05, 3.63) is 29.3 Å². The molecule has 0 bridgehead atoms. The first kappa shape index (κ1) is 19.3. The topological polar surface area (TPSA) is 76.5 Å². The first-order valence-electron chi connectivity index (χ1n) is 10.7. The van der Waals surface area contributed by atoms with Gasteiger partial charge in [0.25, 0.3) is 5.91 Å². The van der Waals surface area contributed by atoms with Crippen molar-refractivity contribution in [2.75, 3.05) is 13.1 Å². The number of carbonyl (C=O) groups is 2. The predicted molar refractivity (Wildman–Crippen MR) is 109 cm³/mol. The van der Waals surface area contributed by atoms with Gasteiger partial charge in [-0.05, 0) is 58.4 Å². The van der Waals surface area contributed by atoms with E-state index in [1.807, 2.05) is 20.8 Å². The van der Waals surface area contributed by atoms with Gasteiger partial charge in [-0.1, -0.05) is 0 Å². The first-order chi connectivity index (χ1) is 14.2. The van der Waals surface area contributed by atoms with E-state index >= 15 is 0 Å². The summed E-state index contributed by atoms with van der Waals surface area (Å²) in [5, 5.41) is 2.96. The number of likely N-dealkylation sites (tertiary alicyclic amines) is 1. The number of ether oxygens (including phenoxy) is 1. The van der Waals surface area contributed by atoms with E-state index in [2.05, 4.69) is 9.88 Å². The van der Waals surface area contributed by atoms with Crippen LogP contribution in [-0.4, -0.2) is 45.1 Å². The summed E-state index contributed by atoms with van der Waals surface area (Å²) in [6, 6.07) is 2.47. The van der Waals surface area contributed by atoms with Crippen molar-refractivity contribution < 1.29 is 18.7 Å². The van der Waals surface area contributed by atoms with Gasteiger partial charge in [-0.3, -0.25) is 9.69 Å². The van der Waals surface area contributed by atoms with E-state index in [0.717, 1.165) is 31.5 Å². The van der Waals surface area contributed by atoms with Crippen molar-refractivity contribution in [3.8, 4) is 0 Å². The fourth-order valence-electron chi connectivity index (χ4n) is 4.78. The van der Waals surface area contributed by atoms with E-state index in [4.69, 9.17) is 9.72 Å². The summed E-state index contributed by atoms with van der Waals surface area (Å²) in [7, 11) is 0. The number of imidazole rings is 1. The molecule has 1 unspecified atom stereocenters. The normalized spacial score (nSPS) is 24.1. The van der Waals surface area contributed by atoms with Crippen LogP contribution in [0.4, 0.5) is 9.18 Å². The zero-order valence-electron chi connectivity index (χ0n) is 17.6. The van der Waals surface area contributed by atoms with Gasteiger partial charge in [-0.2, -0.15) is 0 Å². The number of benzene rings is 1. The number of halogens is 1. The quantitative estimate of drug-likeness (QED) is 0.808. The Labute approximate surface area is 174 Å². The summed E-state index contributed by atoms with van der Waals surface area (Å²) in [5.74, 6) is 0.428. The molecule has 160 valence electrons. The van der Waals surface area contributed by atoms with Crippen molar-refractivity contribution in [2.24, 2.45) is 5.92 Å². The number of nitrogens with zero attached hydrogens (tertiary/aromatic N) is 3. The van der Waals surface area contributed by atoms with E-state index in [-0.39, 0.29) is 24.1 Å². The Balaban J connectivity index is 1.65. The lowest BCUT2D eigenvalue weighted by molar-refractivity contribution is 0.0214. The molecule has 0 spiro atoms. The summed E-state index contributed by atoms with van der Waals surface area (Å²) >= 11 is 0. The molecule has 7 nitrogen and oxygen atoms in total. The van der Waals surface area contributed by atoms with Gasteiger partial charge in [0.15, 0.2) is 0 Å². The number of nitrogens with one attached hydrogen (secondary N) is 1. The van der Waals surface area contributed by atoms with Crippen molar-refractivity contribution in [2.45, 2.75) is 64.1 Å². The van der Waals surface area contributed by atoms with Crippen molar-refractivity contribution in [3.63, 3.8) is 0 Å². The number of rotatable bonds is 2.